The fraction of sp³-hybridized carbons (Fsp3) is 0.143. The second-order valence-electron chi connectivity index (χ2n) is 6.81. The molecule has 9 nitrogen and oxygen atoms in total. The van der Waals surface area contributed by atoms with Crippen LogP contribution >= 0.6 is 11.3 Å². The highest BCUT2D eigenvalue weighted by molar-refractivity contribution is 7.17. The average Bonchev–Trinajstić information content (AvgIpc) is 3.43. The molecular weight excluding hydrogens is 420 g/mol. The van der Waals surface area contributed by atoms with Crippen molar-refractivity contribution in [1.82, 2.24) is 14.5 Å². The zero-order valence-corrected chi connectivity index (χ0v) is 17.1. The van der Waals surface area contributed by atoms with Crippen molar-refractivity contribution < 1.29 is 14.0 Å². The second kappa shape index (κ2) is 8.44. The highest BCUT2D eigenvalue weighted by Gasteiger charge is 2.17. The predicted octanol–water partition coefficient (Wildman–Crippen LogP) is 1.15. The van der Waals surface area contributed by atoms with Crippen molar-refractivity contribution in [2.75, 3.05) is 0 Å². The number of primary amides is 1. The molecule has 1 aromatic carbocycles. The molecular formula is C21H18N4O5S. The maximum Gasteiger partial charge on any atom is 0.336 e. The molecule has 4 aromatic rings. The summed E-state index contributed by atoms with van der Waals surface area (Å²) in [5.74, 6) is -0.222. The molecule has 0 radical (unpaired) electrons. The van der Waals surface area contributed by atoms with Crippen molar-refractivity contribution in [3.63, 3.8) is 0 Å². The van der Waals surface area contributed by atoms with E-state index in [1.165, 1.54) is 22.2 Å². The first-order valence-electron chi connectivity index (χ1n) is 9.34. The van der Waals surface area contributed by atoms with Crippen molar-refractivity contribution in [1.29, 1.82) is 0 Å². The van der Waals surface area contributed by atoms with E-state index in [9.17, 15) is 19.2 Å². The van der Waals surface area contributed by atoms with Crippen LogP contribution in [0.25, 0.3) is 15.9 Å². The zero-order chi connectivity index (χ0) is 22.0. The molecule has 0 spiro atoms. The van der Waals surface area contributed by atoms with Gasteiger partial charge in [-0.15, -0.1) is 11.3 Å². The summed E-state index contributed by atoms with van der Waals surface area (Å²) in [6.07, 6.45) is 1.67. The Morgan fingerprint density at radius 2 is 1.87 bits per heavy atom. The molecule has 3 N–H and O–H groups in total. The molecule has 0 bridgehead atoms. The van der Waals surface area contributed by atoms with Crippen LogP contribution in [0.3, 0.4) is 0 Å². The first-order chi connectivity index (χ1) is 14.9. The van der Waals surface area contributed by atoms with Crippen LogP contribution in [0.1, 0.15) is 11.3 Å². The molecule has 0 aliphatic heterocycles. The van der Waals surface area contributed by atoms with Gasteiger partial charge in [-0.3, -0.25) is 19.0 Å². The number of benzene rings is 1. The van der Waals surface area contributed by atoms with Crippen molar-refractivity contribution in [3.05, 3.63) is 86.3 Å². The van der Waals surface area contributed by atoms with Gasteiger partial charge in [0, 0.05) is 0 Å². The lowest BCUT2D eigenvalue weighted by atomic mass is 10.1. The van der Waals surface area contributed by atoms with E-state index in [0.717, 1.165) is 4.57 Å². The molecule has 0 unspecified atom stereocenters. The molecule has 158 valence electrons. The summed E-state index contributed by atoms with van der Waals surface area (Å²) >= 11 is 1.18. The molecule has 31 heavy (non-hydrogen) atoms. The van der Waals surface area contributed by atoms with E-state index >= 15 is 0 Å². The molecule has 0 aliphatic carbocycles. The first kappa shape index (κ1) is 20.4. The Bertz CT molecular complexity index is 1360. The number of thiophene rings is 1. The van der Waals surface area contributed by atoms with E-state index in [4.69, 9.17) is 10.2 Å². The second-order valence-corrected chi connectivity index (χ2v) is 7.73. The quantitative estimate of drug-likeness (QED) is 0.447. The summed E-state index contributed by atoms with van der Waals surface area (Å²) in [6.45, 7) is -0.0419. The Balaban J connectivity index is 1.60. The number of carbonyl (C=O) groups excluding carboxylic acids is 2. The Labute approximate surface area is 179 Å². The van der Waals surface area contributed by atoms with E-state index in [-0.39, 0.29) is 18.9 Å². The van der Waals surface area contributed by atoms with Gasteiger partial charge in [-0.1, -0.05) is 12.1 Å². The fourth-order valence-electron chi connectivity index (χ4n) is 3.23. The lowest BCUT2D eigenvalue weighted by Gasteiger charge is -2.11. The lowest BCUT2D eigenvalue weighted by Crippen LogP contribution is -2.40. The smallest absolute Gasteiger partial charge is 0.336 e. The Morgan fingerprint density at radius 1 is 1.10 bits per heavy atom. The number of carbonyl (C=O) groups is 2. The molecule has 0 aliphatic rings. The van der Waals surface area contributed by atoms with Gasteiger partial charge in [0.1, 0.15) is 17.0 Å². The monoisotopic (exact) mass is 438 g/mol. The highest BCUT2D eigenvalue weighted by atomic mass is 32.1. The molecule has 10 heteroatoms. The van der Waals surface area contributed by atoms with Crippen molar-refractivity contribution in [3.8, 4) is 5.69 Å². The van der Waals surface area contributed by atoms with Crippen LogP contribution in [0.4, 0.5) is 0 Å². The van der Waals surface area contributed by atoms with E-state index in [0.29, 0.717) is 33.8 Å². The number of hydrogen-bond acceptors (Lipinski definition) is 6. The van der Waals surface area contributed by atoms with Crippen LogP contribution in [0.15, 0.2) is 68.1 Å². The van der Waals surface area contributed by atoms with E-state index in [1.54, 1.807) is 47.8 Å². The van der Waals surface area contributed by atoms with E-state index < -0.39 is 17.2 Å². The molecule has 0 fully saturated rings. The van der Waals surface area contributed by atoms with Crippen LogP contribution in [-0.4, -0.2) is 20.9 Å². The number of nitrogens with one attached hydrogen (secondary N) is 1. The third-order valence-corrected chi connectivity index (χ3v) is 5.56. The van der Waals surface area contributed by atoms with E-state index in [1.807, 2.05) is 0 Å². The molecule has 0 atom stereocenters. The number of hydrogen-bond donors (Lipinski definition) is 2. The molecule has 2 amide bonds. The molecule has 4 rings (SSSR count). The molecule has 0 saturated carbocycles. The summed E-state index contributed by atoms with van der Waals surface area (Å²) < 4.78 is 7.71. The van der Waals surface area contributed by atoms with Gasteiger partial charge in [-0.2, -0.15) is 0 Å². The number of nitrogens with two attached hydrogens (primary N) is 1. The minimum atomic E-state index is -0.685. The number of nitrogens with zero attached hydrogens (tertiary/aromatic N) is 2. The number of amides is 2. The van der Waals surface area contributed by atoms with Gasteiger partial charge in [0.25, 0.3) is 5.56 Å². The molecule has 3 heterocycles. The first-order valence-corrected chi connectivity index (χ1v) is 10.2. The van der Waals surface area contributed by atoms with Gasteiger partial charge >= 0.3 is 5.69 Å². The molecule has 0 saturated heterocycles. The molecule has 3 aromatic heterocycles. The minimum Gasteiger partial charge on any atom is -0.467 e. The topological polar surface area (TPSA) is 129 Å². The summed E-state index contributed by atoms with van der Waals surface area (Å²) in [5.41, 5.74) is 5.57. The number of rotatable bonds is 7. The van der Waals surface area contributed by atoms with Crippen molar-refractivity contribution in [2.24, 2.45) is 5.73 Å². The minimum absolute atomic E-state index is 0.131. The normalized spacial score (nSPS) is 11.0. The summed E-state index contributed by atoms with van der Waals surface area (Å²) in [6, 6.07) is 11.6. The third-order valence-electron chi connectivity index (χ3n) is 4.67. The predicted molar refractivity (Wildman–Crippen MR) is 115 cm³/mol. The van der Waals surface area contributed by atoms with Crippen LogP contribution in [-0.2, 0) is 29.1 Å². The summed E-state index contributed by atoms with van der Waals surface area (Å²) in [7, 11) is 0. The van der Waals surface area contributed by atoms with Crippen LogP contribution in [0.2, 0.25) is 0 Å². The Hall–Kier alpha value is -3.92. The number of fused-ring (bicyclic) bond motifs is 1. The van der Waals surface area contributed by atoms with E-state index in [2.05, 4.69) is 5.32 Å². The highest BCUT2D eigenvalue weighted by Crippen LogP contribution is 2.16. The third kappa shape index (κ3) is 4.19. The summed E-state index contributed by atoms with van der Waals surface area (Å²) in [5, 5.41) is 4.44. The lowest BCUT2D eigenvalue weighted by molar-refractivity contribution is -0.121. The number of aromatic nitrogens is 2. The summed E-state index contributed by atoms with van der Waals surface area (Å²) in [4.78, 5) is 49.4. The van der Waals surface area contributed by atoms with Gasteiger partial charge in [0.15, 0.2) is 0 Å². The SMILES string of the molecule is NC(=O)Cn1c(=O)n(-c2ccc(CC(=O)NCc3ccco3)cc2)c(=O)c2sccc21. The van der Waals surface area contributed by atoms with Crippen LogP contribution < -0.4 is 22.3 Å². The maximum absolute atomic E-state index is 12.9. The van der Waals surface area contributed by atoms with Gasteiger partial charge in [-0.05, 0) is 41.3 Å². The standard InChI is InChI=1S/C21H18N4O5S/c22-17(26)12-24-16-7-9-31-19(16)20(28)25(21(24)29)14-5-3-13(4-6-14)10-18(27)23-11-15-2-1-8-30-15/h1-9H,10-12H2,(H2,22,26)(H,23,27). The zero-order valence-electron chi connectivity index (χ0n) is 16.2. The average molecular weight is 438 g/mol. The van der Waals surface area contributed by atoms with Gasteiger partial charge in [-0.25, -0.2) is 9.36 Å². The number of furan rings is 1. The van der Waals surface area contributed by atoms with Crippen LogP contribution in [0.5, 0.6) is 0 Å². The maximum atomic E-state index is 12.9. The van der Waals surface area contributed by atoms with Crippen LogP contribution in [0, 0.1) is 0 Å². The largest absolute Gasteiger partial charge is 0.467 e. The Kier molecular flexibility index (Phi) is 5.54. The van der Waals surface area contributed by atoms with Gasteiger partial charge < -0.3 is 15.5 Å². The Morgan fingerprint density at radius 3 is 2.55 bits per heavy atom. The van der Waals surface area contributed by atoms with Crippen molar-refractivity contribution >= 4 is 33.4 Å². The van der Waals surface area contributed by atoms with Crippen molar-refractivity contribution in [2.45, 2.75) is 19.5 Å². The van der Waals surface area contributed by atoms with Gasteiger partial charge in [0.2, 0.25) is 11.8 Å². The van der Waals surface area contributed by atoms with Gasteiger partial charge in [0.05, 0.1) is 30.4 Å². The fourth-order valence-corrected chi connectivity index (χ4v) is 4.06.